The Morgan fingerprint density at radius 1 is 1.00 bits per heavy atom. The van der Waals surface area contributed by atoms with Crippen molar-refractivity contribution in [2.45, 2.75) is 32.8 Å². The number of hydrogen-bond acceptors (Lipinski definition) is 8. The molecule has 9 nitrogen and oxygen atoms in total. The van der Waals surface area contributed by atoms with Gasteiger partial charge in [0.25, 0.3) is 0 Å². The Balaban J connectivity index is 1.56. The monoisotopic (exact) mass is 416 g/mol. The molecule has 2 heterocycles. The first-order valence-electron chi connectivity index (χ1n) is 10.7. The van der Waals surface area contributed by atoms with Gasteiger partial charge < -0.3 is 30.0 Å². The number of nitrogens with one attached hydrogen (secondary N) is 2. The molecule has 2 N–H and O–H groups in total. The van der Waals surface area contributed by atoms with Gasteiger partial charge >= 0.3 is 6.01 Å². The third-order valence-corrected chi connectivity index (χ3v) is 4.95. The molecule has 0 atom stereocenters. The van der Waals surface area contributed by atoms with Crippen LogP contribution in [0, 0.1) is 5.21 Å². The molecular weight excluding hydrogens is 384 g/mol. The lowest BCUT2D eigenvalue weighted by Crippen LogP contribution is -2.51. The van der Waals surface area contributed by atoms with Gasteiger partial charge in [0, 0.05) is 19.5 Å². The molecule has 3 rings (SSSR count). The van der Waals surface area contributed by atoms with Crippen molar-refractivity contribution in [2.75, 3.05) is 56.6 Å². The Hall–Kier alpha value is -2.49. The van der Waals surface area contributed by atoms with Crippen molar-refractivity contribution in [3.8, 4) is 6.01 Å². The summed E-state index contributed by atoms with van der Waals surface area (Å²) >= 11 is 0. The molecule has 1 aromatic carbocycles. The molecule has 1 saturated heterocycles. The average Bonchev–Trinajstić information content (AvgIpc) is 2.77. The van der Waals surface area contributed by atoms with Crippen molar-refractivity contribution >= 4 is 11.9 Å². The van der Waals surface area contributed by atoms with Crippen LogP contribution in [0.5, 0.6) is 6.01 Å². The first-order valence-corrected chi connectivity index (χ1v) is 10.7. The molecule has 1 aromatic heterocycles. The van der Waals surface area contributed by atoms with E-state index in [0.29, 0.717) is 57.9 Å². The van der Waals surface area contributed by atoms with Gasteiger partial charge in [0.2, 0.25) is 11.9 Å². The summed E-state index contributed by atoms with van der Waals surface area (Å²) in [6.45, 7) is 6.60. The van der Waals surface area contributed by atoms with Gasteiger partial charge in [0.05, 0.1) is 19.8 Å². The number of benzene rings is 1. The maximum absolute atomic E-state index is 12.6. The minimum atomic E-state index is -0.186. The fourth-order valence-electron chi connectivity index (χ4n) is 3.14. The number of anilines is 2. The van der Waals surface area contributed by atoms with Gasteiger partial charge in [-0.1, -0.05) is 43.7 Å². The summed E-state index contributed by atoms with van der Waals surface area (Å²) in [5.74, 6) is 0.941. The summed E-state index contributed by atoms with van der Waals surface area (Å²) in [4.78, 5) is 13.2. The number of hydrogen-bond donors (Lipinski definition) is 2. The van der Waals surface area contributed by atoms with Crippen LogP contribution in [0.15, 0.2) is 30.3 Å². The quantitative estimate of drug-likeness (QED) is 0.309. The number of morpholine rings is 1. The second-order valence-corrected chi connectivity index (χ2v) is 7.44. The zero-order chi connectivity index (χ0) is 21.1. The van der Waals surface area contributed by atoms with Crippen LogP contribution in [0.4, 0.5) is 11.9 Å². The molecule has 0 amide bonds. The maximum atomic E-state index is 12.6. The largest absolute Gasteiger partial charge is 0.633 e. The van der Waals surface area contributed by atoms with Crippen molar-refractivity contribution in [2.24, 2.45) is 0 Å². The number of rotatable bonds is 12. The van der Waals surface area contributed by atoms with Crippen molar-refractivity contribution in [3.63, 3.8) is 0 Å². The fourth-order valence-corrected chi connectivity index (χ4v) is 3.14. The number of unbranched alkanes of at least 4 members (excludes halogenated alkanes) is 1. The van der Waals surface area contributed by atoms with Crippen LogP contribution in [0.2, 0.25) is 0 Å². The Labute approximate surface area is 178 Å². The molecule has 1 aliphatic heterocycles. The first kappa shape index (κ1) is 22.2. The standard InChI is InChI=1S/C21H32N6O3/c1-2-3-10-22-19-24-20(23-11-7-12-27(28)13-15-29-16-14-27)26-21(25-19)30-17-18-8-5-4-6-9-18/h4-6,8-9H,2-3,7,10-17H2,1H3,(H2,22,23,24,25,26). The van der Waals surface area contributed by atoms with E-state index in [1.807, 2.05) is 30.3 Å². The Morgan fingerprint density at radius 2 is 1.67 bits per heavy atom. The van der Waals surface area contributed by atoms with Gasteiger partial charge in [-0.2, -0.15) is 15.0 Å². The molecule has 164 valence electrons. The van der Waals surface area contributed by atoms with Crippen LogP contribution >= 0.6 is 0 Å². The van der Waals surface area contributed by atoms with E-state index >= 15 is 0 Å². The predicted molar refractivity (Wildman–Crippen MR) is 116 cm³/mol. The molecule has 1 fully saturated rings. The average molecular weight is 417 g/mol. The van der Waals surface area contributed by atoms with Crippen LogP contribution in [0.25, 0.3) is 0 Å². The van der Waals surface area contributed by atoms with Gasteiger partial charge in [-0.25, -0.2) is 0 Å². The number of ether oxygens (including phenoxy) is 2. The maximum Gasteiger partial charge on any atom is 0.323 e. The van der Waals surface area contributed by atoms with Crippen LogP contribution < -0.4 is 15.4 Å². The smallest absolute Gasteiger partial charge is 0.323 e. The minimum absolute atomic E-state index is 0.186. The predicted octanol–water partition coefficient (Wildman–Crippen LogP) is 2.81. The Kier molecular flexibility index (Phi) is 8.61. The summed E-state index contributed by atoms with van der Waals surface area (Å²) in [6, 6.07) is 10.2. The first-order chi connectivity index (χ1) is 14.7. The van der Waals surface area contributed by atoms with Gasteiger partial charge in [0.15, 0.2) is 0 Å². The summed E-state index contributed by atoms with van der Waals surface area (Å²) in [7, 11) is 0. The zero-order valence-electron chi connectivity index (χ0n) is 17.7. The Morgan fingerprint density at radius 3 is 2.33 bits per heavy atom. The van der Waals surface area contributed by atoms with E-state index in [1.54, 1.807) is 0 Å². The van der Waals surface area contributed by atoms with Crippen molar-refractivity contribution in [1.29, 1.82) is 0 Å². The molecular formula is C21H32N6O3. The van der Waals surface area contributed by atoms with Crippen LogP contribution in [-0.2, 0) is 11.3 Å². The molecule has 0 bridgehead atoms. The highest BCUT2D eigenvalue weighted by Gasteiger charge is 2.20. The molecule has 1 aliphatic rings. The zero-order valence-corrected chi connectivity index (χ0v) is 17.7. The molecule has 0 saturated carbocycles. The normalized spacial score (nSPS) is 15.5. The highest BCUT2D eigenvalue weighted by molar-refractivity contribution is 5.35. The second kappa shape index (κ2) is 11.6. The number of aromatic nitrogens is 3. The van der Waals surface area contributed by atoms with E-state index in [1.165, 1.54) is 0 Å². The lowest BCUT2D eigenvalue weighted by molar-refractivity contribution is -0.888. The third-order valence-electron chi connectivity index (χ3n) is 4.95. The van der Waals surface area contributed by atoms with E-state index in [2.05, 4.69) is 32.5 Å². The van der Waals surface area contributed by atoms with Crippen LogP contribution in [-0.4, -0.2) is 65.5 Å². The van der Waals surface area contributed by atoms with Crippen LogP contribution in [0.3, 0.4) is 0 Å². The molecule has 30 heavy (non-hydrogen) atoms. The van der Waals surface area contributed by atoms with Gasteiger partial charge in [-0.3, -0.25) is 0 Å². The lowest BCUT2D eigenvalue weighted by atomic mass is 10.2. The van der Waals surface area contributed by atoms with Gasteiger partial charge in [-0.05, 0) is 12.0 Å². The minimum Gasteiger partial charge on any atom is -0.633 e. The molecule has 0 radical (unpaired) electrons. The third kappa shape index (κ3) is 7.40. The van der Waals surface area contributed by atoms with E-state index in [-0.39, 0.29) is 10.7 Å². The van der Waals surface area contributed by atoms with E-state index in [4.69, 9.17) is 9.47 Å². The number of hydroxylamine groups is 3. The summed E-state index contributed by atoms with van der Waals surface area (Å²) in [6.07, 6.45) is 2.84. The Bertz CT molecular complexity index is 756. The summed E-state index contributed by atoms with van der Waals surface area (Å²) in [5, 5.41) is 19.0. The van der Waals surface area contributed by atoms with E-state index in [9.17, 15) is 5.21 Å². The van der Waals surface area contributed by atoms with Crippen molar-refractivity contribution in [1.82, 2.24) is 15.0 Å². The molecule has 0 aliphatic carbocycles. The van der Waals surface area contributed by atoms with E-state index < -0.39 is 0 Å². The highest BCUT2D eigenvalue weighted by atomic mass is 16.6. The number of quaternary nitrogens is 1. The molecule has 0 spiro atoms. The lowest BCUT2D eigenvalue weighted by Gasteiger charge is -2.45. The molecule has 2 aromatic rings. The van der Waals surface area contributed by atoms with Crippen molar-refractivity contribution in [3.05, 3.63) is 41.1 Å². The van der Waals surface area contributed by atoms with Crippen molar-refractivity contribution < 1.29 is 14.1 Å². The highest BCUT2D eigenvalue weighted by Crippen LogP contribution is 2.14. The number of nitrogens with zero attached hydrogens (tertiary/aromatic N) is 4. The van der Waals surface area contributed by atoms with Crippen LogP contribution in [0.1, 0.15) is 31.7 Å². The second-order valence-electron chi connectivity index (χ2n) is 7.44. The summed E-state index contributed by atoms with van der Waals surface area (Å²) < 4.78 is 10.9. The molecule has 9 heteroatoms. The van der Waals surface area contributed by atoms with Gasteiger partial charge in [-0.15, -0.1) is 0 Å². The molecule has 0 unspecified atom stereocenters. The fraction of sp³-hybridized carbons (Fsp3) is 0.571. The topological polar surface area (TPSA) is 104 Å². The van der Waals surface area contributed by atoms with Gasteiger partial charge in [0.1, 0.15) is 19.7 Å². The SMILES string of the molecule is CCCCNc1nc(NCCC[N+]2([O-])CCOCC2)nc(OCc2ccccc2)n1. The summed E-state index contributed by atoms with van der Waals surface area (Å²) in [5.41, 5.74) is 1.04. The van der Waals surface area contributed by atoms with E-state index in [0.717, 1.165) is 31.4 Å².